The van der Waals surface area contributed by atoms with Gasteiger partial charge in [0.25, 0.3) is 0 Å². The Morgan fingerprint density at radius 2 is 2.05 bits per heavy atom. The molecule has 0 spiro atoms. The summed E-state index contributed by atoms with van der Waals surface area (Å²) >= 11 is 12.1. The molecule has 1 amide bonds. The van der Waals surface area contributed by atoms with Crippen LogP contribution in [0.25, 0.3) is 0 Å². The molecule has 112 valence electrons. The highest BCUT2D eigenvalue weighted by atomic mass is 35.5. The predicted octanol–water partition coefficient (Wildman–Crippen LogP) is 3.07. The first-order valence-electron chi connectivity index (χ1n) is 6.57. The maximum Gasteiger partial charge on any atom is 0.224 e. The van der Waals surface area contributed by atoms with E-state index in [1.807, 2.05) is 0 Å². The van der Waals surface area contributed by atoms with Crippen molar-refractivity contribution in [3.05, 3.63) is 33.8 Å². The van der Waals surface area contributed by atoms with Crippen LogP contribution in [0.1, 0.15) is 18.4 Å². The Balaban J connectivity index is 0.00000200. The number of carbonyl (C=O) groups excluding carboxylic acids is 1. The van der Waals surface area contributed by atoms with Crippen LogP contribution in [0.2, 0.25) is 10.0 Å². The summed E-state index contributed by atoms with van der Waals surface area (Å²) in [6.45, 7) is 2.87. The zero-order chi connectivity index (χ0) is 13.7. The smallest absolute Gasteiger partial charge is 0.224 e. The number of amides is 1. The summed E-state index contributed by atoms with van der Waals surface area (Å²) in [5, 5.41) is 7.33. The van der Waals surface area contributed by atoms with Gasteiger partial charge in [-0.1, -0.05) is 29.3 Å². The molecule has 1 aromatic rings. The fraction of sp³-hybridized carbons (Fsp3) is 0.500. The number of hydrogen-bond acceptors (Lipinski definition) is 2. The van der Waals surface area contributed by atoms with Gasteiger partial charge in [0.15, 0.2) is 0 Å². The van der Waals surface area contributed by atoms with Crippen LogP contribution in [0.4, 0.5) is 0 Å². The van der Waals surface area contributed by atoms with E-state index in [4.69, 9.17) is 23.2 Å². The van der Waals surface area contributed by atoms with E-state index in [9.17, 15) is 4.79 Å². The van der Waals surface area contributed by atoms with Crippen molar-refractivity contribution >= 4 is 41.5 Å². The van der Waals surface area contributed by atoms with Crippen molar-refractivity contribution in [2.24, 2.45) is 5.92 Å². The predicted molar refractivity (Wildman–Crippen MR) is 86.0 cm³/mol. The Bertz CT molecular complexity index is 428. The normalized spacial score (nSPS) is 17.6. The van der Waals surface area contributed by atoms with Crippen LogP contribution in [-0.2, 0) is 11.2 Å². The standard InChI is InChI=1S/C14H18Cl2N2O.ClH/c15-12-2-1-3-13(16)11(12)8-14(19)18-7-5-10-4-6-17-9-10;/h1-3,10,17H,4-9H2,(H,18,19);1H. The summed E-state index contributed by atoms with van der Waals surface area (Å²) in [6, 6.07) is 5.28. The van der Waals surface area contributed by atoms with Gasteiger partial charge in [-0.2, -0.15) is 0 Å². The van der Waals surface area contributed by atoms with Gasteiger partial charge in [0.1, 0.15) is 0 Å². The average Bonchev–Trinajstić information content (AvgIpc) is 2.87. The topological polar surface area (TPSA) is 41.1 Å². The van der Waals surface area contributed by atoms with Gasteiger partial charge in [-0.25, -0.2) is 0 Å². The largest absolute Gasteiger partial charge is 0.356 e. The van der Waals surface area contributed by atoms with Crippen LogP contribution >= 0.6 is 35.6 Å². The van der Waals surface area contributed by atoms with Crippen molar-refractivity contribution < 1.29 is 4.79 Å². The summed E-state index contributed by atoms with van der Waals surface area (Å²) < 4.78 is 0. The first-order chi connectivity index (χ1) is 9.16. The SMILES string of the molecule is Cl.O=C(Cc1c(Cl)cccc1Cl)NCCC1CCNC1. The molecule has 2 rings (SSSR count). The molecular formula is C14H19Cl3N2O. The summed E-state index contributed by atoms with van der Waals surface area (Å²) in [7, 11) is 0. The number of nitrogens with one attached hydrogen (secondary N) is 2. The van der Waals surface area contributed by atoms with Crippen molar-refractivity contribution in [1.82, 2.24) is 10.6 Å². The molecule has 2 N–H and O–H groups in total. The van der Waals surface area contributed by atoms with E-state index in [2.05, 4.69) is 10.6 Å². The summed E-state index contributed by atoms with van der Waals surface area (Å²) in [4.78, 5) is 11.8. The van der Waals surface area contributed by atoms with Crippen molar-refractivity contribution in [3.8, 4) is 0 Å². The lowest BCUT2D eigenvalue weighted by molar-refractivity contribution is -0.120. The van der Waals surface area contributed by atoms with Crippen molar-refractivity contribution in [2.75, 3.05) is 19.6 Å². The average molecular weight is 338 g/mol. The molecule has 1 saturated heterocycles. The molecule has 1 aromatic carbocycles. The van der Waals surface area contributed by atoms with E-state index in [-0.39, 0.29) is 24.7 Å². The minimum atomic E-state index is -0.0269. The molecular weight excluding hydrogens is 319 g/mol. The van der Waals surface area contributed by atoms with E-state index in [0.29, 0.717) is 28.1 Å². The first-order valence-corrected chi connectivity index (χ1v) is 7.32. The minimum absolute atomic E-state index is 0. The quantitative estimate of drug-likeness (QED) is 0.867. The maximum absolute atomic E-state index is 11.8. The molecule has 0 aliphatic carbocycles. The Kier molecular flexibility index (Phi) is 7.67. The molecule has 3 nitrogen and oxygen atoms in total. The lowest BCUT2D eigenvalue weighted by Crippen LogP contribution is -2.28. The van der Waals surface area contributed by atoms with Gasteiger partial charge >= 0.3 is 0 Å². The molecule has 0 bridgehead atoms. The van der Waals surface area contributed by atoms with Crippen molar-refractivity contribution in [3.63, 3.8) is 0 Å². The highest BCUT2D eigenvalue weighted by Gasteiger charge is 2.15. The first kappa shape index (κ1) is 17.6. The number of hydrogen-bond donors (Lipinski definition) is 2. The van der Waals surface area contributed by atoms with Crippen LogP contribution in [0.3, 0.4) is 0 Å². The van der Waals surface area contributed by atoms with Gasteiger partial charge in [0, 0.05) is 16.6 Å². The van der Waals surface area contributed by atoms with E-state index < -0.39 is 0 Å². The third kappa shape index (κ3) is 5.13. The van der Waals surface area contributed by atoms with Gasteiger partial charge in [-0.15, -0.1) is 12.4 Å². The maximum atomic E-state index is 11.8. The molecule has 0 saturated carbocycles. The van der Waals surface area contributed by atoms with Crippen molar-refractivity contribution in [1.29, 1.82) is 0 Å². The number of benzene rings is 1. The van der Waals surface area contributed by atoms with E-state index in [0.717, 1.165) is 19.5 Å². The summed E-state index contributed by atoms with van der Waals surface area (Å²) in [5.41, 5.74) is 0.700. The van der Waals surface area contributed by atoms with Gasteiger partial charge in [-0.05, 0) is 49.5 Å². The molecule has 1 unspecified atom stereocenters. The molecule has 6 heteroatoms. The summed E-state index contributed by atoms with van der Waals surface area (Å²) in [5.74, 6) is 0.658. The lowest BCUT2D eigenvalue weighted by atomic mass is 10.1. The second-order valence-electron chi connectivity index (χ2n) is 4.87. The molecule has 1 aliphatic heterocycles. The zero-order valence-corrected chi connectivity index (χ0v) is 13.5. The number of halogens is 3. The third-order valence-corrected chi connectivity index (χ3v) is 4.14. The molecule has 0 aromatic heterocycles. The molecule has 1 fully saturated rings. The van der Waals surface area contributed by atoms with Crippen molar-refractivity contribution in [2.45, 2.75) is 19.3 Å². The Labute approximate surface area is 135 Å². The lowest BCUT2D eigenvalue weighted by Gasteiger charge is -2.10. The summed E-state index contributed by atoms with van der Waals surface area (Å²) in [6.07, 6.45) is 2.46. The monoisotopic (exact) mass is 336 g/mol. The Morgan fingerprint density at radius 3 is 2.65 bits per heavy atom. The fourth-order valence-corrected chi connectivity index (χ4v) is 2.83. The zero-order valence-electron chi connectivity index (χ0n) is 11.1. The van der Waals surface area contributed by atoms with Crippen LogP contribution in [0.5, 0.6) is 0 Å². The third-order valence-electron chi connectivity index (χ3n) is 3.44. The van der Waals surface area contributed by atoms with Crippen LogP contribution in [0.15, 0.2) is 18.2 Å². The van der Waals surface area contributed by atoms with Crippen LogP contribution < -0.4 is 10.6 Å². The second-order valence-corrected chi connectivity index (χ2v) is 5.69. The Hall–Kier alpha value is -0.480. The minimum Gasteiger partial charge on any atom is -0.356 e. The highest BCUT2D eigenvalue weighted by molar-refractivity contribution is 6.36. The number of carbonyl (C=O) groups is 1. The molecule has 20 heavy (non-hydrogen) atoms. The van der Waals surface area contributed by atoms with Gasteiger partial charge < -0.3 is 10.6 Å². The van der Waals surface area contributed by atoms with E-state index in [1.165, 1.54) is 6.42 Å². The van der Waals surface area contributed by atoms with Gasteiger partial charge in [-0.3, -0.25) is 4.79 Å². The Morgan fingerprint density at radius 1 is 1.35 bits per heavy atom. The van der Waals surface area contributed by atoms with E-state index >= 15 is 0 Å². The van der Waals surface area contributed by atoms with E-state index in [1.54, 1.807) is 18.2 Å². The van der Waals surface area contributed by atoms with Crippen LogP contribution in [-0.4, -0.2) is 25.5 Å². The molecule has 1 heterocycles. The second kappa shape index (κ2) is 8.73. The highest BCUT2D eigenvalue weighted by Crippen LogP contribution is 2.24. The molecule has 1 aliphatic rings. The van der Waals surface area contributed by atoms with Gasteiger partial charge in [0.2, 0.25) is 5.91 Å². The fourth-order valence-electron chi connectivity index (χ4n) is 2.30. The number of rotatable bonds is 5. The van der Waals surface area contributed by atoms with Crippen LogP contribution in [0, 0.1) is 5.92 Å². The molecule has 1 atom stereocenters. The molecule has 0 radical (unpaired) electrons. The van der Waals surface area contributed by atoms with Gasteiger partial charge in [0.05, 0.1) is 6.42 Å².